The van der Waals surface area contributed by atoms with Gasteiger partial charge in [-0.25, -0.2) is 0 Å². The largest absolute Gasteiger partial charge is 0.491 e. The van der Waals surface area contributed by atoms with Gasteiger partial charge in [-0.3, -0.25) is 4.79 Å². The third-order valence-corrected chi connectivity index (χ3v) is 3.09. The maximum Gasteiger partial charge on any atom is 0.237 e. The van der Waals surface area contributed by atoms with Gasteiger partial charge in [0.15, 0.2) is 0 Å². The van der Waals surface area contributed by atoms with Gasteiger partial charge in [-0.15, -0.1) is 0 Å². The maximum atomic E-state index is 12.0. The Kier molecular flexibility index (Phi) is 5.57. The van der Waals surface area contributed by atoms with Gasteiger partial charge >= 0.3 is 0 Å². The van der Waals surface area contributed by atoms with Gasteiger partial charge in [-0.05, 0) is 37.0 Å². The van der Waals surface area contributed by atoms with Gasteiger partial charge in [0, 0.05) is 0 Å². The topological polar surface area (TPSA) is 64.3 Å². The molecule has 0 aromatic heterocycles. The SMILES string of the molecule is Cc1cccc(OCC(C)NC(=O)[C@@H](N)C(C)(C)C)c1. The first-order chi connectivity index (χ1) is 9.20. The number of ether oxygens (including phenoxy) is 1. The molecule has 1 unspecified atom stereocenters. The lowest BCUT2D eigenvalue weighted by Crippen LogP contribution is -2.51. The minimum atomic E-state index is -0.524. The van der Waals surface area contributed by atoms with Crippen molar-refractivity contribution < 1.29 is 9.53 Å². The summed E-state index contributed by atoms with van der Waals surface area (Å²) in [6, 6.07) is 7.22. The Labute approximate surface area is 121 Å². The predicted molar refractivity (Wildman–Crippen MR) is 81.7 cm³/mol. The summed E-state index contributed by atoms with van der Waals surface area (Å²) in [5, 5.41) is 2.88. The number of carbonyl (C=O) groups is 1. The molecule has 0 spiro atoms. The minimum Gasteiger partial charge on any atom is -0.491 e. The molecule has 1 aromatic rings. The maximum absolute atomic E-state index is 12.0. The zero-order chi connectivity index (χ0) is 15.3. The third kappa shape index (κ3) is 5.21. The molecular weight excluding hydrogens is 252 g/mol. The first kappa shape index (κ1) is 16.5. The smallest absolute Gasteiger partial charge is 0.237 e. The molecule has 1 rings (SSSR count). The van der Waals surface area contributed by atoms with Gasteiger partial charge in [0.1, 0.15) is 12.4 Å². The van der Waals surface area contributed by atoms with Crippen LogP contribution in [0.4, 0.5) is 0 Å². The molecule has 0 heterocycles. The standard InChI is InChI=1S/C16H26N2O2/c1-11-7-6-8-13(9-11)20-10-12(2)18-15(19)14(17)16(3,4)5/h6-9,12,14H,10,17H2,1-5H3,(H,18,19)/t12?,14-/m1/s1. The van der Waals surface area contributed by atoms with Crippen LogP contribution in [0.2, 0.25) is 0 Å². The minimum absolute atomic E-state index is 0.0867. The summed E-state index contributed by atoms with van der Waals surface area (Å²) in [7, 11) is 0. The third-order valence-electron chi connectivity index (χ3n) is 3.09. The molecule has 0 radical (unpaired) electrons. The summed E-state index contributed by atoms with van der Waals surface area (Å²) in [6.45, 7) is 10.2. The van der Waals surface area contributed by atoms with Gasteiger partial charge in [0.2, 0.25) is 5.91 Å². The first-order valence-corrected chi connectivity index (χ1v) is 6.95. The second-order valence-electron chi connectivity index (χ2n) is 6.38. The lowest BCUT2D eigenvalue weighted by atomic mass is 9.87. The van der Waals surface area contributed by atoms with Gasteiger partial charge in [-0.2, -0.15) is 0 Å². The van der Waals surface area contributed by atoms with Crippen molar-refractivity contribution in [2.75, 3.05) is 6.61 Å². The molecule has 0 saturated carbocycles. The van der Waals surface area contributed by atoms with Crippen LogP contribution in [0.5, 0.6) is 5.75 Å². The summed E-state index contributed by atoms with van der Waals surface area (Å²) in [5.74, 6) is 0.670. The van der Waals surface area contributed by atoms with Crippen LogP contribution < -0.4 is 15.8 Å². The second kappa shape index (κ2) is 6.75. The number of benzene rings is 1. The fourth-order valence-electron chi connectivity index (χ4n) is 1.69. The lowest BCUT2D eigenvalue weighted by molar-refractivity contribution is -0.125. The van der Waals surface area contributed by atoms with E-state index in [0.717, 1.165) is 11.3 Å². The summed E-state index contributed by atoms with van der Waals surface area (Å²) in [6.07, 6.45) is 0. The van der Waals surface area contributed by atoms with Crippen LogP contribution in [0.1, 0.15) is 33.3 Å². The van der Waals surface area contributed by atoms with Crippen molar-refractivity contribution in [2.45, 2.75) is 46.7 Å². The summed E-state index contributed by atoms with van der Waals surface area (Å²) in [5.41, 5.74) is 6.82. The number of amides is 1. The van der Waals surface area contributed by atoms with Crippen LogP contribution in [0.25, 0.3) is 0 Å². The van der Waals surface area contributed by atoms with E-state index in [9.17, 15) is 4.79 Å². The Morgan fingerprint density at radius 3 is 2.60 bits per heavy atom. The van der Waals surface area contributed by atoms with E-state index in [1.165, 1.54) is 0 Å². The van der Waals surface area contributed by atoms with Crippen molar-refractivity contribution in [1.29, 1.82) is 0 Å². The molecule has 2 atom stereocenters. The Morgan fingerprint density at radius 1 is 1.40 bits per heavy atom. The molecule has 1 amide bonds. The molecule has 0 saturated heterocycles. The normalized spacial score (nSPS) is 14.5. The molecule has 4 nitrogen and oxygen atoms in total. The highest BCUT2D eigenvalue weighted by Crippen LogP contribution is 2.17. The van der Waals surface area contributed by atoms with Gasteiger partial charge in [0.25, 0.3) is 0 Å². The van der Waals surface area contributed by atoms with E-state index < -0.39 is 6.04 Å². The number of nitrogens with one attached hydrogen (secondary N) is 1. The van der Waals surface area contributed by atoms with Crippen LogP contribution in [0, 0.1) is 12.3 Å². The summed E-state index contributed by atoms with van der Waals surface area (Å²) in [4.78, 5) is 12.0. The van der Waals surface area contributed by atoms with Crippen LogP contribution in [0.3, 0.4) is 0 Å². The molecule has 0 aliphatic rings. The molecule has 20 heavy (non-hydrogen) atoms. The van der Waals surface area contributed by atoms with E-state index in [2.05, 4.69) is 5.32 Å². The average molecular weight is 278 g/mol. The second-order valence-corrected chi connectivity index (χ2v) is 6.38. The number of nitrogens with two attached hydrogens (primary N) is 1. The highest BCUT2D eigenvalue weighted by atomic mass is 16.5. The van der Waals surface area contributed by atoms with Crippen molar-refractivity contribution in [1.82, 2.24) is 5.32 Å². The van der Waals surface area contributed by atoms with Crippen LogP contribution >= 0.6 is 0 Å². The van der Waals surface area contributed by atoms with Gasteiger partial charge < -0.3 is 15.8 Å². The van der Waals surface area contributed by atoms with E-state index in [1.54, 1.807) is 0 Å². The van der Waals surface area contributed by atoms with Crippen molar-refractivity contribution in [3.63, 3.8) is 0 Å². The molecule has 0 bridgehead atoms. The summed E-state index contributed by atoms with van der Waals surface area (Å²) < 4.78 is 5.66. The molecular formula is C16H26N2O2. The van der Waals surface area contributed by atoms with E-state index in [4.69, 9.17) is 10.5 Å². The lowest BCUT2D eigenvalue weighted by Gasteiger charge is -2.27. The fourth-order valence-corrected chi connectivity index (χ4v) is 1.69. The zero-order valence-electron chi connectivity index (χ0n) is 13.1. The quantitative estimate of drug-likeness (QED) is 0.868. The highest BCUT2D eigenvalue weighted by Gasteiger charge is 2.28. The molecule has 112 valence electrons. The van der Waals surface area contributed by atoms with Crippen molar-refractivity contribution >= 4 is 5.91 Å². The molecule has 4 heteroatoms. The van der Waals surface area contributed by atoms with E-state index in [1.807, 2.05) is 58.9 Å². The van der Waals surface area contributed by atoms with Gasteiger partial charge in [-0.1, -0.05) is 32.9 Å². The van der Waals surface area contributed by atoms with E-state index >= 15 is 0 Å². The molecule has 0 fully saturated rings. The van der Waals surface area contributed by atoms with Crippen molar-refractivity contribution in [3.05, 3.63) is 29.8 Å². The number of carbonyl (C=O) groups excluding carboxylic acids is 1. The van der Waals surface area contributed by atoms with Crippen molar-refractivity contribution in [2.24, 2.45) is 11.1 Å². The monoisotopic (exact) mass is 278 g/mol. The predicted octanol–water partition coefficient (Wildman–Crippen LogP) is 2.25. The molecule has 0 aliphatic carbocycles. The van der Waals surface area contributed by atoms with E-state index in [0.29, 0.717) is 6.61 Å². The Morgan fingerprint density at radius 2 is 2.05 bits per heavy atom. The first-order valence-electron chi connectivity index (χ1n) is 6.95. The Balaban J connectivity index is 2.44. The highest BCUT2D eigenvalue weighted by molar-refractivity contribution is 5.82. The number of rotatable bonds is 5. The number of hydrogen-bond donors (Lipinski definition) is 2. The summed E-state index contributed by atoms with van der Waals surface area (Å²) >= 11 is 0. The fraction of sp³-hybridized carbons (Fsp3) is 0.562. The Hall–Kier alpha value is -1.55. The number of hydrogen-bond acceptors (Lipinski definition) is 3. The molecule has 3 N–H and O–H groups in total. The number of aryl methyl sites for hydroxylation is 1. The average Bonchev–Trinajstić information content (AvgIpc) is 2.34. The molecule has 0 aliphatic heterocycles. The van der Waals surface area contributed by atoms with Crippen LogP contribution in [-0.2, 0) is 4.79 Å². The Bertz CT molecular complexity index is 452. The van der Waals surface area contributed by atoms with E-state index in [-0.39, 0.29) is 17.4 Å². The van der Waals surface area contributed by atoms with Gasteiger partial charge in [0.05, 0.1) is 12.1 Å². The molecule has 1 aromatic carbocycles. The van der Waals surface area contributed by atoms with Crippen molar-refractivity contribution in [3.8, 4) is 5.75 Å². The zero-order valence-corrected chi connectivity index (χ0v) is 13.1. The van der Waals surface area contributed by atoms with Crippen LogP contribution in [-0.4, -0.2) is 24.6 Å². The van der Waals surface area contributed by atoms with Crippen LogP contribution in [0.15, 0.2) is 24.3 Å².